The van der Waals surface area contributed by atoms with Gasteiger partial charge < -0.3 is 14.5 Å². The lowest BCUT2D eigenvalue weighted by Crippen LogP contribution is -2.51. The van der Waals surface area contributed by atoms with Crippen molar-refractivity contribution in [2.24, 2.45) is 0 Å². The molecule has 0 saturated carbocycles. The molecule has 0 radical (unpaired) electrons. The van der Waals surface area contributed by atoms with Crippen LogP contribution in [-0.2, 0) is 26.3 Å². The molecule has 168 valence electrons. The van der Waals surface area contributed by atoms with Gasteiger partial charge in [0.25, 0.3) is 5.91 Å². The predicted octanol–water partition coefficient (Wildman–Crippen LogP) is 3.43. The number of carbonyl (C=O) groups is 1. The monoisotopic (exact) mass is 472 g/mol. The fourth-order valence-electron chi connectivity index (χ4n) is 3.39. The maximum atomic E-state index is 13.2. The average molecular weight is 473 g/mol. The second-order valence-corrected chi connectivity index (χ2v) is 10.3. The number of para-hydroxylation sites is 2. The third-order valence-corrected chi connectivity index (χ3v) is 7.62. The summed E-state index contributed by atoms with van der Waals surface area (Å²) in [5, 5.41) is 2.85. The summed E-state index contributed by atoms with van der Waals surface area (Å²) < 4.78 is 38.9. The topological polar surface area (TPSA) is 88.9 Å². The maximum absolute atomic E-state index is 13.2. The van der Waals surface area contributed by atoms with Crippen LogP contribution in [0.25, 0.3) is 0 Å². The number of hydrogen-bond acceptors (Lipinski definition) is 6. The number of furan rings is 1. The van der Waals surface area contributed by atoms with E-state index in [2.05, 4.69) is 5.32 Å². The Morgan fingerprint density at radius 1 is 1.06 bits per heavy atom. The van der Waals surface area contributed by atoms with Crippen molar-refractivity contribution in [2.75, 3.05) is 23.1 Å². The summed E-state index contributed by atoms with van der Waals surface area (Å²) in [6.07, 6.45) is 0.707. The van der Waals surface area contributed by atoms with E-state index in [0.29, 0.717) is 29.3 Å². The van der Waals surface area contributed by atoms with E-state index in [1.54, 1.807) is 66.6 Å². The number of carbonyl (C=O) groups excluding carboxylic acids is 1. The molecule has 0 spiro atoms. The number of nitrogens with zero attached hydrogens (tertiary/aromatic N) is 1. The molecule has 3 aromatic rings. The van der Waals surface area contributed by atoms with Crippen molar-refractivity contribution in [1.82, 2.24) is 5.32 Å². The van der Waals surface area contributed by atoms with Crippen LogP contribution in [0, 0.1) is 0 Å². The first-order valence-corrected chi connectivity index (χ1v) is 13.0. The van der Waals surface area contributed by atoms with Crippen molar-refractivity contribution in [3.63, 3.8) is 0 Å². The molecule has 1 N–H and O–H groups in total. The minimum absolute atomic E-state index is 0.0719. The summed E-state index contributed by atoms with van der Waals surface area (Å²) >= 11 is 1.64. The van der Waals surface area contributed by atoms with Gasteiger partial charge in [0.05, 0.1) is 30.0 Å². The van der Waals surface area contributed by atoms with Crippen LogP contribution in [0.1, 0.15) is 11.3 Å². The van der Waals surface area contributed by atoms with E-state index in [9.17, 15) is 13.2 Å². The predicted molar refractivity (Wildman–Crippen MR) is 125 cm³/mol. The minimum Gasteiger partial charge on any atom is -0.476 e. The summed E-state index contributed by atoms with van der Waals surface area (Å²) in [6, 6.07) is 19.6. The van der Waals surface area contributed by atoms with E-state index in [1.165, 1.54) is 4.31 Å². The van der Waals surface area contributed by atoms with Crippen LogP contribution in [0.15, 0.2) is 77.4 Å². The molecule has 4 rings (SSSR count). The highest BCUT2D eigenvalue weighted by Gasteiger charge is 2.36. The highest BCUT2D eigenvalue weighted by atomic mass is 32.2. The SMILES string of the molecule is O=C(NCCSCc1ccco1)[C@@H]1CN(S(=O)(=O)Cc2ccccc2)c2ccccc2O1. The molecule has 0 saturated heterocycles. The summed E-state index contributed by atoms with van der Waals surface area (Å²) in [6.45, 7) is 0.375. The third kappa shape index (κ3) is 5.46. The Kier molecular flexibility index (Phi) is 7.06. The summed E-state index contributed by atoms with van der Waals surface area (Å²) in [5.41, 5.74) is 1.13. The second-order valence-electron chi connectivity index (χ2n) is 7.27. The van der Waals surface area contributed by atoms with Crippen molar-refractivity contribution < 1.29 is 22.4 Å². The lowest BCUT2D eigenvalue weighted by Gasteiger charge is -2.34. The standard InChI is InChI=1S/C23H24N2O5S2/c26-23(24-12-14-31-16-19-9-6-13-29-19)22-15-25(20-10-4-5-11-21(20)30-22)32(27,28)17-18-7-2-1-3-8-18/h1-11,13,22H,12,14-17H2,(H,24,26)/t22-/m0/s1. The smallest absolute Gasteiger partial charge is 0.263 e. The van der Waals surface area contributed by atoms with Gasteiger partial charge in [-0.2, -0.15) is 11.8 Å². The normalized spacial score (nSPS) is 15.6. The van der Waals surface area contributed by atoms with Gasteiger partial charge in [0.2, 0.25) is 10.0 Å². The molecule has 1 aliphatic heterocycles. The van der Waals surface area contributed by atoms with Crippen molar-refractivity contribution >= 4 is 33.4 Å². The number of rotatable bonds is 9. The van der Waals surface area contributed by atoms with Gasteiger partial charge in [0.1, 0.15) is 11.5 Å². The molecular formula is C23H24N2O5S2. The Hall–Kier alpha value is -2.91. The van der Waals surface area contributed by atoms with E-state index in [4.69, 9.17) is 9.15 Å². The molecule has 0 aliphatic carbocycles. The number of amides is 1. The van der Waals surface area contributed by atoms with Crippen LogP contribution >= 0.6 is 11.8 Å². The Morgan fingerprint density at radius 2 is 1.84 bits per heavy atom. The van der Waals surface area contributed by atoms with Gasteiger partial charge in [0.15, 0.2) is 6.10 Å². The number of thioether (sulfide) groups is 1. The molecule has 1 amide bonds. The number of benzene rings is 2. The Morgan fingerprint density at radius 3 is 2.62 bits per heavy atom. The molecule has 0 bridgehead atoms. The van der Waals surface area contributed by atoms with Crippen LogP contribution in [-0.4, -0.2) is 39.3 Å². The first kappa shape index (κ1) is 22.3. The highest BCUT2D eigenvalue weighted by Crippen LogP contribution is 2.35. The third-order valence-electron chi connectivity index (χ3n) is 4.92. The molecule has 2 heterocycles. The Bertz CT molecular complexity index is 1130. The fraction of sp³-hybridized carbons (Fsp3) is 0.261. The molecule has 9 heteroatoms. The van der Waals surface area contributed by atoms with Gasteiger partial charge in [-0.3, -0.25) is 9.10 Å². The zero-order chi connectivity index (χ0) is 22.4. The van der Waals surface area contributed by atoms with Crippen LogP contribution in [0.5, 0.6) is 5.75 Å². The minimum atomic E-state index is -3.71. The van der Waals surface area contributed by atoms with Gasteiger partial charge in [-0.05, 0) is 29.8 Å². The number of nitrogens with one attached hydrogen (secondary N) is 1. The first-order valence-electron chi connectivity index (χ1n) is 10.2. The Labute approximate surface area is 191 Å². The molecule has 2 aromatic carbocycles. The summed E-state index contributed by atoms with van der Waals surface area (Å²) in [5.74, 6) is 2.20. The molecule has 1 atom stereocenters. The summed E-state index contributed by atoms with van der Waals surface area (Å²) in [7, 11) is -3.71. The van der Waals surface area contributed by atoms with E-state index in [0.717, 1.165) is 11.5 Å². The lowest BCUT2D eigenvalue weighted by atomic mass is 10.2. The zero-order valence-electron chi connectivity index (χ0n) is 17.3. The second kappa shape index (κ2) is 10.1. The molecule has 0 fully saturated rings. The van der Waals surface area contributed by atoms with Gasteiger partial charge in [-0.1, -0.05) is 42.5 Å². The van der Waals surface area contributed by atoms with Gasteiger partial charge >= 0.3 is 0 Å². The maximum Gasteiger partial charge on any atom is 0.263 e. The van der Waals surface area contributed by atoms with E-state index in [-0.39, 0.29) is 18.2 Å². The first-order chi connectivity index (χ1) is 15.5. The largest absolute Gasteiger partial charge is 0.476 e. The average Bonchev–Trinajstić information content (AvgIpc) is 3.32. The fourth-order valence-corrected chi connectivity index (χ4v) is 5.73. The van der Waals surface area contributed by atoms with Gasteiger partial charge in [-0.15, -0.1) is 0 Å². The van der Waals surface area contributed by atoms with Crippen LogP contribution < -0.4 is 14.4 Å². The molecule has 1 aromatic heterocycles. The van der Waals surface area contributed by atoms with Crippen LogP contribution in [0.2, 0.25) is 0 Å². The molecule has 32 heavy (non-hydrogen) atoms. The molecule has 0 unspecified atom stereocenters. The van der Waals surface area contributed by atoms with Crippen molar-refractivity contribution in [1.29, 1.82) is 0 Å². The van der Waals surface area contributed by atoms with Gasteiger partial charge in [-0.25, -0.2) is 8.42 Å². The zero-order valence-corrected chi connectivity index (χ0v) is 19.0. The van der Waals surface area contributed by atoms with E-state index >= 15 is 0 Å². The number of ether oxygens (including phenoxy) is 1. The quantitative estimate of drug-likeness (QED) is 0.480. The van der Waals surface area contributed by atoms with E-state index < -0.39 is 16.1 Å². The number of anilines is 1. The number of hydrogen-bond donors (Lipinski definition) is 1. The molecular weight excluding hydrogens is 448 g/mol. The number of fused-ring (bicyclic) bond motifs is 1. The van der Waals surface area contributed by atoms with Crippen LogP contribution in [0.4, 0.5) is 5.69 Å². The van der Waals surface area contributed by atoms with Crippen molar-refractivity contribution in [2.45, 2.75) is 17.6 Å². The Balaban J connectivity index is 1.40. The van der Waals surface area contributed by atoms with Crippen molar-refractivity contribution in [3.8, 4) is 5.75 Å². The van der Waals surface area contributed by atoms with Gasteiger partial charge in [0, 0.05) is 12.3 Å². The van der Waals surface area contributed by atoms with E-state index in [1.807, 2.05) is 18.2 Å². The lowest BCUT2D eigenvalue weighted by molar-refractivity contribution is -0.127. The molecule has 1 aliphatic rings. The number of sulfonamides is 1. The molecule has 7 nitrogen and oxygen atoms in total. The summed E-state index contributed by atoms with van der Waals surface area (Å²) in [4.78, 5) is 12.7. The highest BCUT2D eigenvalue weighted by molar-refractivity contribution is 7.98. The van der Waals surface area contributed by atoms with Crippen LogP contribution in [0.3, 0.4) is 0 Å². The van der Waals surface area contributed by atoms with Crippen molar-refractivity contribution in [3.05, 3.63) is 84.3 Å².